The van der Waals surface area contributed by atoms with E-state index in [0.29, 0.717) is 13.1 Å². The van der Waals surface area contributed by atoms with E-state index >= 15 is 0 Å². The van der Waals surface area contributed by atoms with Crippen LogP contribution in [0.4, 0.5) is 8.78 Å². The normalized spacial score (nSPS) is 23.7. The molecule has 1 fully saturated rings. The molecule has 0 bridgehead atoms. The van der Waals surface area contributed by atoms with Crippen molar-refractivity contribution < 1.29 is 13.6 Å². The topological polar surface area (TPSA) is 32.3 Å². The number of ketones is 1. The molecule has 0 aromatic rings. The molecule has 1 heterocycles. The molecule has 1 N–H and O–H groups in total. The van der Waals surface area contributed by atoms with Gasteiger partial charge >= 0.3 is 0 Å². The predicted molar refractivity (Wildman–Crippen MR) is 53.5 cm³/mol. The monoisotopic (exact) mass is 220 g/mol. The average Bonchev–Trinajstić information content (AvgIpc) is 2.48. The highest BCUT2D eigenvalue weighted by molar-refractivity contribution is 5.86. The smallest absolute Gasteiger partial charge is 0.252 e. The molecule has 15 heavy (non-hydrogen) atoms. The summed E-state index contributed by atoms with van der Waals surface area (Å²) in [6.45, 7) is 6.11. The molecule has 0 aromatic heterocycles. The summed E-state index contributed by atoms with van der Waals surface area (Å²) < 4.78 is 24.2. The number of hydrazine groups is 1. The number of alkyl halides is 2. The van der Waals surface area contributed by atoms with Crippen LogP contribution >= 0.6 is 0 Å². The SMILES string of the molecule is CC(C)(C)C(=O)C1CNN(CC(F)F)C1. The minimum absolute atomic E-state index is 0.131. The fourth-order valence-electron chi connectivity index (χ4n) is 1.73. The second-order valence-electron chi connectivity index (χ2n) is 4.97. The molecule has 1 aliphatic heterocycles. The van der Waals surface area contributed by atoms with Crippen molar-refractivity contribution in [1.29, 1.82) is 0 Å². The Kier molecular flexibility index (Phi) is 3.78. The van der Waals surface area contributed by atoms with Crippen LogP contribution in [0.2, 0.25) is 0 Å². The Morgan fingerprint density at radius 2 is 2.13 bits per heavy atom. The fraction of sp³-hybridized carbons (Fsp3) is 0.900. The van der Waals surface area contributed by atoms with E-state index in [4.69, 9.17) is 0 Å². The van der Waals surface area contributed by atoms with Gasteiger partial charge in [-0.1, -0.05) is 20.8 Å². The van der Waals surface area contributed by atoms with Crippen LogP contribution < -0.4 is 5.43 Å². The van der Waals surface area contributed by atoms with Crippen molar-refractivity contribution in [3.8, 4) is 0 Å². The summed E-state index contributed by atoms with van der Waals surface area (Å²) in [6, 6.07) is 0. The Bertz CT molecular complexity index is 238. The number of carbonyl (C=O) groups excluding carboxylic acids is 1. The van der Waals surface area contributed by atoms with E-state index in [1.165, 1.54) is 5.01 Å². The lowest BCUT2D eigenvalue weighted by Gasteiger charge is -2.21. The number of Topliss-reactive ketones (excluding diaryl/α,β-unsaturated/α-hetero) is 1. The minimum Gasteiger partial charge on any atom is -0.299 e. The average molecular weight is 220 g/mol. The van der Waals surface area contributed by atoms with Crippen molar-refractivity contribution in [2.75, 3.05) is 19.6 Å². The minimum atomic E-state index is -2.36. The largest absolute Gasteiger partial charge is 0.299 e. The molecule has 1 atom stereocenters. The standard InChI is InChI=1S/C10H18F2N2O/c1-10(2,3)9(15)7-4-13-14(5-7)6-8(11)12/h7-8,13H,4-6H2,1-3H3. The van der Waals surface area contributed by atoms with E-state index in [2.05, 4.69) is 5.43 Å². The highest BCUT2D eigenvalue weighted by atomic mass is 19.3. The first kappa shape index (κ1) is 12.5. The van der Waals surface area contributed by atoms with E-state index in [-0.39, 0.29) is 18.2 Å². The Morgan fingerprint density at radius 1 is 1.53 bits per heavy atom. The second-order valence-corrected chi connectivity index (χ2v) is 4.97. The second kappa shape index (κ2) is 4.53. The van der Waals surface area contributed by atoms with E-state index in [0.717, 1.165) is 0 Å². The number of nitrogens with zero attached hydrogens (tertiary/aromatic N) is 1. The molecule has 1 aliphatic rings. The number of hydrogen-bond donors (Lipinski definition) is 1. The van der Waals surface area contributed by atoms with Gasteiger partial charge in [-0.2, -0.15) is 0 Å². The summed E-state index contributed by atoms with van der Waals surface area (Å²) in [5.74, 6) is -0.0319. The van der Waals surface area contributed by atoms with Gasteiger partial charge in [-0.25, -0.2) is 13.8 Å². The Labute approximate surface area is 88.8 Å². The van der Waals surface area contributed by atoms with Crippen LogP contribution in [0.3, 0.4) is 0 Å². The van der Waals surface area contributed by atoms with Crippen molar-refractivity contribution in [1.82, 2.24) is 10.4 Å². The van der Waals surface area contributed by atoms with Crippen molar-refractivity contribution in [2.45, 2.75) is 27.2 Å². The molecule has 0 saturated carbocycles. The molecular formula is C10H18F2N2O. The first-order chi connectivity index (χ1) is 6.80. The van der Waals surface area contributed by atoms with Gasteiger partial charge in [-0.15, -0.1) is 0 Å². The quantitative estimate of drug-likeness (QED) is 0.778. The van der Waals surface area contributed by atoms with Gasteiger partial charge < -0.3 is 0 Å². The molecule has 1 rings (SSSR count). The lowest BCUT2D eigenvalue weighted by molar-refractivity contribution is -0.129. The van der Waals surface area contributed by atoms with Crippen molar-refractivity contribution in [3.05, 3.63) is 0 Å². The molecule has 0 spiro atoms. The summed E-state index contributed by atoms with van der Waals surface area (Å²) in [7, 11) is 0. The van der Waals surface area contributed by atoms with Crippen molar-refractivity contribution in [3.63, 3.8) is 0 Å². The first-order valence-corrected chi connectivity index (χ1v) is 5.11. The van der Waals surface area contributed by atoms with Gasteiger partial charge in [0.15, 0.2) is 0 Å². The van der Waals surface area contributed by atoms with Crippen molar-refractivity contribution >= 4 is 5.78 Å². The van der Waals surface area contributed by atoms with Gasteiger partial charge in [0.05, 0.1) is 6.54 Å². The van der Waals surface area contributed by atoms with Crippen LogP contribution in [0.5, 0.6) is 0 Å². The number of rotatable bonds is 3. The predicted octanol–water partition coefficient (Wildman–Crippen LogP) is 1.30. The highest BCUT2D eigenvalue weighted by Crippen LogP contribution is 2.22. The molecule has 0 aliphatic carbocycles. The van der Waals surface area contributed by atoms with E-state index in [1.54, 1.807) is 0 Å². The van der Waals surface area contributed by atoms with Gasteiger partial charge in [0.25, 0.3) is 6.43 Å². The first-order valence-electron chi connectivity index (χ1n) is 5.11. The van der Waals surface area contributed by atoms with Gasteiger partial charge in [0.2, 0.25) is 0 Å². The third-order valence-electron chi connectivity index (χ3n) is 2.47. The number of nitrogens with one attached hydrogen (secondary N) is 1. The lowest BCUT2D eigenvalue weighted by atomic mass is 9.83. The molecule has 0 radical (unpaired) electrons. The van der Waals surface area contributed by atoms with E-state index in [1.807, 2.05) is 20.8 Å². The van der Waals surface area contributed by atoms with E-state index in [9.17, 15) is 13.6 Å². The van der Waals surface area contributed by atoms with Crippen LogP contribution in [-0.4, -0.2) is 36.9 Å². The summed E-state index contributed by atoms with van der Waals surface area (Å²) in [5.41, 5.74) is 2.43. The van der Waals surface area contributed by atoms with Crippen LogP contribution in [-0.2, 0) is 4.79 Å². The lowest BCUT2D eigenvalue weighted by Crippen LogP contribution is -2.35. The number of carbonyl (C=O) groups is 1. The summed E-state index contributed by atoms with van der Waals surface area (Å²) in [5, 5.41) is 1.43. The fourth-order valence-corrected chi connectivity index (χ4v) is 1.73. The van der Waals surface area contributed by atoms with Crippen LogP contribution in [0.25, 0.3) is 0 Å². The van der Waals surface area contributed by atoms with Crippen LogP contribution in [0.1, 0.15) is 20.8 Å². The molecule has 3 nitrogen and oxygen atoms in total. The zero-order chi connectivity index (χ0) is 11.6. The summed E-state index contributed by atoms with van der Waals surface area (Å²) in [4.78, 5) is 11.8. The Balaban J connectivity index is 2.46. The molecule has 88 valence electrons. The van der Waals surface area contributed by atoms with Crippen LogP contribution in [0.15, 0.2) is 0 Å². The molecule has 0 aromatic carbocycles. The molecule has 1 unspecified atom stereocenters. The molecular weight excluding hydrogens is 202 g/mol. The van der Waals surface area contributed by atoms with Gasteiger partial charge in [0, 0.05) is 24.4 Å². The summed E-state index contributed by atoms with van der Waals surface area (Å²) in [6.07, 6.45) is -2.36. The van der Waals surface area contributed by atoms with Gasteiger partial charge in [-0.05, 0) is 0 Å². The number of hydrogen-bond acceptors (Lipinski definition) is 3. The van der Waals surface area contributed by atoms with Crippen LogP contribution in [0, 0.1) is 11.3 Å². The molecule has 0 amide bonds. The maximum Gasteiger partial charge on any atom is 0.252 e. The highest BCUT2D eigenvalue weighted by Gasteiger charge is 2.35. The third kappa shape index (κ3) is 3.50. The van der Waals surface area contributed by atoms with Gasteiger partial charge in [0.1, 0.15) is 5.78 Å². The zero-order valence-electron chi connectivity index (χ0n) is 9.39. The van der Waals surface area contributed by atoms with Crippen molar-refractivity contribution in [2.24, 2.45) is 11.3 Å². The summed E-state index contributed by atoms with van der Waals surface area (Å²) >= 11 is 0. The van der Waals surface area contributed by atoms with Gasteiger partial charge in [-0.3, -0.25) is 10.2 Å². The molecule has 5 heteroatoms. The Hall–Kier alpha value is -0.550. The maximum atomic E-state index is 12.1. The third-order valence-corrected chi connectivity index (χ3v) is 2.47. The molecule has 1 saturated heterocycles. The maximum absolute atomic E-state index is 12.1. The number of halogens is 2. The Morgan fingerprint density at radius 3 is 2.60 bits per heavy atom. The van der Waals surface area contributed by atoms with E-state index < -0.39 is 11.8 Å². The zero-order valence-corrected chi connectivity index (χ0v) is 9.39.